The first-order chi connectivity index (χ1) is 52.4. The summed E-state index contributed by atoms with van der Waals surface area (Å²) in [5.74, 6) is 4.05. The van der Waals surface area contributed by atoms with Crippen LogP contribution in [0.5, 0.6) is 17.2 Å². The second-order valence-corrected chi connectivity index (χ2v) is 27.7. The molecule has 0 spiro atoms. The van der Waals surface area contributed by atoms with E-state index in [4.69, 9.17) is 59.4 Å². The molecular weight excluding hydrogens is 1410 g/mol. The molecule has 0 saturated heterocycles. The molecular formula is C87H83N9O9S3. The molecule has 0 atom stereocenters. The largest absolute Gasteiger partial charge is 0.497 e. The summed E-state index contributed by atoms with van der Waals surface area (Å²) in [6.45, 7) is 16.0. The minimum absolute atomic E-state index is 0.00669. The van der Waals surface area contributed by atoms with Gasteiger partial charge in [-0.2, -0.15) is 0 Å². The quantitative estimate of drug-likeness (QED) is 0.0229. The van der Waals surface area contributed by atoms with Crippen molar-refractivity contribution in [3.05, 3.63) is 289 Å². The Morgan fingerprint density at radius 2 is 0.731 bits per heavy atom. The van der Waals surface area contributed by atoms with Gasteiger partial charge in [0.25, 0.3) is 0 Å². The van der Waals surface area contributed by atoms with Gasteiger partial charge >= 0.3 is 17.9 Å². The van der Waals surface area contributed by atoms with Crippen LogP contribution in [0.4, 0.5) is 34.5 Å². The van der Waals surface area contributed by atoms with E-state index in [0.29, 0.717) is 36.1 Å². The van der Waals surface area contributed by atoms with E-state index < -0.39 is 17.9 Å². The number of benzene rings is 6. The highest BCUT2D eigenvalue weighted by atomic mass is 32.1. The number of allylic oxidation sites excluding steroid dienone is 2. The molecule has 21 heteroatoms. The Balaban J connectivity index is 0.000000173. The number of carboxylic acids is 3. The van der Waals surface area contributed by atoms with Crippen molar-refractivity contribution < 1.29 is 43.9 Å². The van der Waals surface area contributed by atoms with Crippen LogP contribution in [0.25, 0.3) is 68.6 Å². The minimum atomic E-state index is -0.946. The van der Waals surface area contributed by atoms with Crippen molar-refractivity contribution in [1.29, 1.82) is 0 Å². The van der Waals surface area contributed by atoms with Crippen molar-refractivity contribution in [3.8, 4) is 49.4 Å². The average molecular weight is 1490 g/mol. The van der Waals surface area contributed by atoms with E-state index in [1.165, 1.54) is 0 Å². The number of rotatable bonds is 30. The van der Waals surface area contributed by atoms with Gasteiger partial charge in [-0.3, -0.25) is 9.59 Å². The van der Waals surface area contributed by atoms with Gasteiger partial charge in [-0.25, -0.2) is 34.7 Å². The molecule has 12 rings (SSSR count). The maximum Gasteiger partial charge on any atom is 0.335 e. The van der Waals surface area contributed by atoms with Crippen molar-refractivity contribution >= 4 is 123 Å². The molecule has 0 amide bonds. The molecule has 6 aromatic carbocycles. The number of thiophene rings is 3. The summed E-state index contributed by atoms with van der Waals surface area (Å²) in [6.07, 6.45) is 19.7. The second kappa shape index (κ2) is 38.5. The Labute approximate surface area is 641 Å². The van der Waals surface area contributed by atoms with E-state index in [9.17, 15) is 14.4 Å². The minimum Gasteiger partial charge on any atom is -0.497 e. The zero-order valence-corrected chi connectivity index (χ0v) is 63.5. The first-order valence-electron chi connectivity index (χ1n) is 34.9. The number of carbonyl (C=O) groups is 3. The van der Waals surface area contributed by atoms with Gasteiger partial charge in [0.15, 0.2) is 17.5 Å². The lowest BCUT2D eigenvalue weighted by atomic mass is 10.1. The number of aromatic nitrogens is 6. The van der Waals surface area contributed by atoms with Crippen molar-refractivity contribution in [2.75, 3.05) is 37.3 Å². The summed E-state index contributed by atoms with van der Waals surface area (Å²) < 4.78 is 15.7. The summed E-state index contributed by atoms with van der Waals surface area (Å²) in [6, 6.07) is 57.5. The summed E-state index contributed by atoms with van der Waals surface area (Å²) in [5.41, 5.74) is 13.4. The molecule has 6 N–H and O–H groups in total. The molecule has 108 heavy (non-hydrogen) atoms. The molecule has 0 bridgehead atoms. The highest BCUT2D eigenvalue weighted by molar-refractivity contribution is 7.17. The number of hydrogen-bond donors (Lipinski definition) is 6. The fourth-order valence-corrected chi connectivity index (χ4v) is 13.8. The van der Waals surface area contributed by atoms with Gasteiger partial charge in [0.05, 0.1) is 54.4 Å². The molecule has 0 radical (unpaired) electrons. The predicted octanol–water partition coefficient (Wildman–Crippen LogP) is 20.8. The van der Waals surface area contributed by atoms with Crippen LogP contribution in [-0.4, -0.2) is 84.5 Å². The average Bonchev–Trinajstić information content (AvgIpc) is 1.44. The van der Waals surface area contributed by atoms with Crippen LogP contribution >= 0.6 is 34.0 Å². The van der Waals surface area contributed by atoms with Crippen LogP contribution in [-0.2, 0) is 54.5 Å². The molecule has 548 valence electrons. The van der Waals surface area contributed by atoms with Crippen LogP contribution in [0.3, 0.4) is 0 Å². The van der Waals surface area contributed by atoms with Crippen LogP contribution in [0.15, 0.2) is 207 Å². The zero-order chi connectivity index (χ0) is 76.5. The van der Waals surface area contributed by atoms with E-state index in [-0.39, 0.29) is 18.4 Å². The highest BCUT2D eigenvalue weighted by Crippen LogP contribution is 2.36. The van der Waals surface area contributed by atoms with Crippen molar-refractivity contribution in [2.24, 2.45) is 0 Å². The molecule has 0 aliphatic rings. The lowest BCUT2D eigenvalue weighted by Crippen LogP contribution is -2.07. The van der Waals surface area contributed by atoms with E-state index >= 15 is 0 Å². The van der Waals surface area contributed by atoms with Gasteiger partial charge in [0.2, 0.25) is 0 Å². The zero-order valence-electron chi connectivity index (χ0n) is 61.0. The topological polar surface area (TPSA) is 253 Å². The number of hydrogen-bond acceptors (Lipinski definition) is 18. The molecule has 0 saturated carbocycles. The predicted molar refractivity (Wildman–Crippen MR) is 441 cm³/mol. The van der Waals surface area contributed by atoms with E-state index in [2.05, 4.69) is 105 Å². The number of aryl methyl sites for hydroxylation is 3. The third-order valence-corrected chi connectivity index (χ3v) is 20.0. The molecule has 0 aliphatic carbocycles. The fraction of sp³-hybridized carbons (Fsp3) is 0.161. The summed E-state index contributed by atoms with van der Waals surface area (Å²) in [5, 5.41) is 37.4. The van der Waals surface area contributed by atoms with Crippen LogP contribution in [0.2, 0.25) is 0 Å². The summed E-state index contributed by atoms with van der Waals surface area (Å²) >= 11 is 4.89. The molecule has 0 fully saturated rings. The molecule has 6 heterocycles. The third kappa shape index (κ3) is 21.8. The monoisotopic (exact) mass is 1490 g/mol. The van der Waals surface area contributed by atoms with Crippen molar-refractivity contribution in [1.82, 2.24) is 29.9 Å². The normalized spacial score (nSPS) is 11.0. The molecule has 12 aromatic rings. The van der Waals surface area contributed by atoms with Gasteiger partial charge in [0.1, 0.15) is 34.7 Å². The Hall–Kier alpha value is -12.4. The third-order valence-electron chi connectivity index (χ3n) is 16.9. The maximum atomic E-state index is 11.2. The Morgan fingerprint density at radius 3 is 1.06 bits per heavy atom. The number of aliphatic carboxylic acids is 2. The molecule has 6 aromatic heterocycles. The second-order valence-electron chi connectivity index (χ2n) is 24.4. The van der Waals surface area contributed by atoms with Gasteiger partial charge in [-0.1, -0.05) is 112 Å². The fourth-order valence-electron chi connectivity index (χ4n) is 11.2. The highest BCUT2D eigenvalue weighted by Gasteiger charge is 2.20. The van der Waals surface area contributed by atoms with E-state index in [0.717, 1.165) is 156 Å². The Bertz CT molecular complexity index is 5170. The Kier molecular flexibility index (Phi) is 27.9. The smallest absolute Gasteiger partial charge is 0.335 e. The van der Waals surface area contributed by atoms with Gasteiger partial charge in [-0.15, -0.1) is 47.2 Å². The molecule has 0 aliphatic heterocycles. The SMILES string of the molecule is C=CCc1c(C)nc(-c2ccc(/C=C/c3ccc(OC)cc3)s2)nc1Nc1ccc(CC(=O)O)cc1.C=CCc1c(CC)nc(-c2ccc(/C=C/c3ccc(OC)cc3)s2)nc1Nc1ccc(CC(=O)O)cc1.CCc1nc(-c2ccc(/C=C/c3ccc(OC)cc3)s2)nc(Nc2ccc(C(=O)O)cc2)c1CC. The van der Waals surface area contributed by atoms with Crippen LogP contribution in [0.1, 0.15) is 107 Å². The lowest BCUT2D eigenvalue weighted by Gasteiger charge is -2.15. The number of nitrogens with zero attached hydrogens (tertiary/aromatic N) is 6. The van der Waals surface area contributed by atoms with E-state index in [1.54, 1.807) is 91.7 Å². The first kappa shape index (κ1) is 78.2. The molecule has 0 unspecified atom stereocenters. The van der Waals surface area contributed by atoms with E-state index in [1.807, 2.05) is 146 Å². The lowest BCUT2D eigenvalue weighted by molar-refractivity contribution is -0.137. The van der Waals surface area contributed by atoms with Crippen LogP contribution in [0, 0.1) is 6.92 Å². The van der Waals surface area contributed by atoms with Gasteiger partial charge in [-0.05, 0) is 206 Å². The summed E-state index contributed by atoms with van der Waals surface area (Å²) in [7, 11) is 4.98. The number of ether oxygens (including phenoxy) is 3. The number of methoxy groups -OCH3 is 3. The Morgan fingerprint density at radius 1 is 0.398 bits per heavy atom. The van der Waals surface area contributed by atoms with Gasteiger partial charge in [0, 0.05) is 65.5 Å². The number of anilines is 6. The van der Waals surface area contributed by atoms with Crippen LogP contribution < -0.4 is 30.2 Å². The standard InChI is InChI=1S/C30H29N3O3S.C29H27N3O3S.C28H27N3O3S/c1-4-6-25-26(5-2)32-30(33-29(25)31-22-12-7-21(8-13-22)19-28(34)35)27-18-17-24(37-27)16-11-20-9-14-23(36-3)15-10-20;1-4-5-25-19(2)30-29(32-28(25)31-22-11-6-21(7-12-22)18-27(33)34)26-17-16-24(36-26)15-10-20-8-13-23(35-3)14-9-20;1-4-23-24(5-2)30-27(31-26(23)29-20-11-9-19(10-12-20)28(32)33)25-17-16-22(35-25)15-8-18-6-13-21(34-3)14-7-18/h4,7-18H,1,5-6,19H2,2-3H3,(H,34,35)(H,31,32,33);4,6-17H,1,5,18H2,2-3H3,(H,33,34)(H,30,31,32);6-17H,4-5H2,1-3H3,(H,32,33)(H,29,30,31)/b16-11+;15-10+;15-8+. The molecule has 18 nitrogen and oxygen atoms in total. The maximum absolute atomic E-state index is 11.2. The number of aromatic carboxylic acids is 1. The van der Waals surface area contributed by atoms with Crippen molar-refractivity contribution in [2.45, 2.75) is 72.6 Å². The number of carboxylic acid groups (broad SMARTS) is 3. The van der Waals surface area contributed by atoms with Gasteiger partial charge < -0.3 is 45.5 Å². The number of nitrogens with one attached hydrogen (secondary N) is 3. The first-order valence-corrected chi connectivity index (χ1v) is 37.3. The van der Waals surface area contributed by atoms with Crippen molar-refractivity contribution in [3.63, 3.8) is 0 Å². The summed E-state index contributed by atoms with van der Waals surface area (Å²) in [4.78, 5) is 68.5.